The van der Waals surface area contributed by atoms with Crippen molar-refractivity contribution in [3.63, 3.8) is 0 Å². The predicted octanol–water partition coefficient (Wildman–Crippen LogP) is 3.68. The van der Waals surface area contributed by atoms with Gasteiger partial charge in [-0.25, -0.2) is 0 Å². The maximum atomic E-state index is 11.9. The molecule has 104 valence electrons. The standard InChI is InChI=1S/C16H15ClO3/c1-19-16(18)15(12-6-5-7-13(17)10-12)11-20-14-8-3-2-4-9-14/h2-10,15H,11H2,1H3. The third-order valence-electron chi connectivity index (χ3n) is 2.90. The molecule has 0 heterocycles. The van der Waals surface area contributed by atoms with Gasteiger partial charge < -0.3 is 9.47 Å². The smallest absolute Gasteiger partial charge is 0.316 e. The van der Waals surface area contributed by atoms with E-state index >= 15 is 0 Å². The SMILES string of the molecule is COC(=O)C(COc1ccccc1)c1cccc(Cl)c1. The van der Waals surface area contributed by atoms with Crippen LogP contribution >= 0.6 is 11.6 Å². The first kappa shape index (κ1) is 14.4. The lowest BCUT2D eigenvalue weighted by Crippen LogP contribution is -2.21. The van der Waals surface area contributed by atoms with Crippen molar-refractivity contribution >= 4 is 17.6 Å². The molecular formula is C16H15ClO3. The van der Waals surface area contributed by atoms with E-state index in [0.29, 0.717) is 10.8 Å². The van der Waals surface area contributed by atoms with E-state index in [1.165, 1.54) is 7.11 Å². The number of carbonyl (C=O) groups excluding carboxylic acids is 1. The molecule has 0 radical (unpaired) electrons. The van der Waals surface area contributed by atoms with E-state index in [0.717, 1.165) is 5.56 Å². The Morgan fingerprint density at radius 1 is 1.15 bits per heavy atom. The number of benzene rings is 2. The number of esters is 1. The van der Waals surface area contributed by atoms with Crippen molar-refractivity contribution in [1.29, 1.82) is 0 Å². The predicted molar refractivity (Wildman–Crippen MR) is 78.1 cm³/mol. The molecule has 0 spiro atoms. The van der Waals surface area contributed by atoms with Gasteiger partial charge in [0.25, 0.3) is 0 Å². The third-order valence-corrected chi connectivity index (χ3v) is 3.13. The summed E-state index contributed by atoms with van der Waals surface area (Å²) < 4.78 is 10.5. The van der Waals surface area contributed by atoms with Gasteiger partial charge in [-0.3, -0.25) is 4.79 Å². The van der Waals surface area contributed by atoms with Gasteiger partial charge in [-0.05, 0) is 29.8 Å². The molecule has 0 aliphatic carbocycles. The van der Waals surface area contributed by atoms with Crippen LogP contribution in [0.4, 0.5) is 0 Å². The monoisotopic (exact) mass is 290 g/mol. The fourth-order valence-corrected chi connectivity index (χ4v) is 2.06. The minimum atomic E-state index is -0.501. The molecule has 0 amide bonds. The van der Waals surface area contributed by atoms with Gasteiger partial charge in [-0.15, -0.1) is 0 Å². The van der Waals surface area contributed by atoms with Gasteiger partial charge in [0.15, 0.2) is 0 Å². The minimum absolute atomic E-state index is 0.205. The van der Waals surface area contributed by atoms with Crippen molar-refractivity contribution in [1.82, 2.24) is 0 Å². The molecule has 0 saturated carbocycles. The summed E-state index contributed by atoms with van der Waals surface area (Å²) in [6.45, 7) is 0.205. The number of hydrogen-bond donors (Lipinski definition) is 0. The van der Waals surface area contributed by atoms with Crippen LogP contribution in [0.25, 0.3) is 0 Å². The molecule has 0 N–H and O–H groups in total. The molecular weight excluding hydrogens is 276 g/mol. The highest BCUT2D eigenvalue weighted by atomic mass is 35.5. The fourth-order valence-electron chi connectivity index (χ4n) is 1.86. The molecule has 20 heavy (non-hydrogen) atoms. The first-order valence-corrected chi connectivity index (χ1v) is 6.59. The second kappa shape index (κ2) is 6.96. The van der Waals surface area contributed by atoms with Crippen molar-refractivity contribution in [2.75, 3.05) is 13.7 Å². The van der Waals surface area contributed by atoms with E-state index in [9.17, 15) is 4.79 Å². The number of rotatable bonds is 5. The Hall–Kier alpha value is -2.00. The third kappa shape index (κ3) is 3.75. The van der Waals surface area contributed by atoms with Crippen LogP contribution in [-0.4, -0.2) is 19.7 Å². The van der Waals surface area contributed by atoms with Crippen molar-refractivity contribution < 1.29 is 14.3 Å². The summed E-state index contributed by atoms with van der Waals surface area (Å²) in [6.07, 6.45) is 0. The van der Waals surface area contributed by atoms with Gasteiger partial charge in [0.1, 0.15) is 18.3 Å². The number of para-hydroxylation sites is 1. The van der Waals surface area contributed by atoms with E-state index in [-0.39, 0.29) is 12.6 Å². The lowest BCUT2D eigenvalue weighted by Gasteiger charge is -2.16. The van der Waals surface area contributed by atoms with Gasteiger partial charge >= 0.3 is 5.97 Å². The lowest BCUT2D eigenvalue weighted by atomic mass is 10.0. The molecule has 2 rings (SSSR count). The summed E-state index contributed by atoms with van der Waals surface area (Å²) in [5, 5.41) is 0.580. The zero-order valence-corrected chi connectivity index (χ0v) is 11.8. The largest absolute Gasteiger partial charge is 0.492 e. The number of halogens is 1. The van der Waals surface area contributed by atoms with E-state index in [4.69, 9.17) is 21.1 Å². The van der Waals surface area contributed by atoms with Crippen LogP contribution in [0.2, 0.25) is 5.02 Å². The molecule has 0 bridgehead atoms. The Labute approximate surface area is 123 Å². The van der Waals surface area contributed by atoms with Gasteiger partial charge in [-0.2, -0.15) is 0 Å². The topological polar surface area (TPSA) is 35.5 Å². The van der Waals surface area contributed by atoms with Crippen LogP contribution in [0.3, 0.4) is 0 Å². The molecule has 3 nitrogen and oxygen atoms in total. The highest BCUT2D eigenvalue weighted by Crippen LogP contribution is 2.22. The van der Waals surface area contributed by atoms with Crippen LogP contribution in [0.5, 0.6) is 5.75 Å². The molecule has 1 atom stereocenters. The Kier molecular flexibility index (Phi) is 5.02. The first-order chi connectivity index (χ1) is 9.70. The van der Waals surface area contributed by atoms with E-state index in [1.54, 1.807) is 18.2 Å². The zero-order chi connectivity index (χ0) is 14.4. The molecule has 0 aliphatic rings. The number of ether oxygens (including phenoxy) is 2. The molecule has 0 fully saturated rings. The maximum Gasteiger partial charge on any atom is 0.316 e. The second-order valence-corrected chi connectivity index (χ2v) is 4.69. The van der Waals surface area contributed by atoms with E-state index in [1.807, 2.05) is 36.4 Å². The summed E-state index contributed by atoms with van der Waals surface area (Å²) in [7, 11) is 1.36. The second-order valence-electron chi connectivity index (χ2n) is 4.25. The lowest BCUT2D eigenvalue weighted by molar-refractivity contribution is -0.143. The molecule has 2 aromatic carbocycles. The number of hydrogen-bond acceptors (Lipinski definition) is 3. The molecule has 0 saturated heterocycles. The highest BCUT2D eigenvalue weighted by Gasteiger charge is 2.22. The van der Waals surface area contributed by atoms with Crippen LogP contribution in [0, 0.1) is 0 Å². The average molecular weight is 291 g/mol. The average Bonchev–Trinajstić information content (AvgIpc) is 2.48. The van der Waals surface area contributed by atoms with Gasteiger partial charge in [0, 0.05) is 5.02 Å². The van der Waals surface area contributed by atoms with Crippen LogP contribution in [0.1, 0.15) is 11.5 Å². The summed E-state index contributed by atoms with van der Waals surface area (Å²) in [5.74, 6) is -0.134. The number of methoxy groups -OCH3 is 1. The van der Waals surface area contributed by atoms with Crippen molar-refractivity contribution in [3.05, 3.63) is 65.2 Å². The van der Waals surface area contributed by atoms with Crippen molar-refractivity contribution in [2.45, 2.75) is 5.92 Å². The summed E-state index contributed by atoms with van der Waals surface area (Å²) in [6, 6.07) is 16.5. The summed E-state index contributed by atoms with van der Waals surface area (Å²) >= 11 is 5.96. The molecule has 2 aromatic rings. The van der Waals surface area contributed by atoms with E-state index < -0.39 is 5.92 Å². The van der Waals surface area contributed by atoms with Gasteiger partial charge in [0.2, 0.25) is 0 Å². The minimum Gasteiger partial charge on any atom is -0.492 e. The van der Waals surface area contributed by atoms with Gasteiger partial charge in [-0.1, -0.05) is 41.9 Å². The van der Waals surface area contributed by atoms with Crippen LogP contribution < -0.4 is 4.74 Å². The quantitative estimate of drug-likeness (QED) is 0.788. The van der Waals surface area contributed by atoms with Crippen molar-refractivity contribution in [2.24, 2.45) is 0 Å². The Bertz CT molecular complexity index is 569. The molecule has 1 unspecified atom stereocenters. The first-order valence-electron chi connectivity index (χ1n) is 6.22. The molecule has 0 aromatic heterocycles. The molecule has 4 heteroatoms. The maximum absolute atomic E-state index is 11.9. The van der Waals surface area contributed by atoms with Crippen LogP contribution in [-0.2, 0) is 9.53 Å². The van der Waals surface area contributed by atoms with Crippen molar-refractivity contribution in [3.8, 4) is 5.75 Å². The molecule has 0 aliphatic heterocycles. The van der Waals surface area contributed by atoms with Gasteiger partial charge in [0.05, 0.1) is 7.11 Å². The summed E-state index contributed by atoms with van der Waals surface area (Å²) in [5.41, 5.74) is 0.778. The fraction of sp³-hybridized carbons (Fsp3) is 0.188. The Balaban J connectivity index is 2.14. The highest BCUT2D eigenvalue weighted by molar-refractivity contribution is 6.30. The zero-order valence-electron chi connectivity index (χ0n) is 11.1. The van der Waals surface area contributed by atoms with Crippen LogP contribution in [0.15, 0.2) is 54.6 Å². The number of carbonyl (C=O) groups is 1. The van der Waals surface area contributed by atoms with E-state index in [2.05, 4.69) is 0 Å². The summed E-state index contributed by atoms with van der Waals surface area (Å²) in [4.78, 5) is 11.9. The Morgan fingerprint density at radius 2 is 1.90 bits per heavy atom. The normalized spacial score (nSPS) is 11.7. The Morgan fingerprint density at radius 3 is 2.55 bits per heavy atom.